The molecule has 0 spiro atoms. The van der Waals surface area contributed by atoms with Gasteiger partial charge in [-0.3, -0.25) is 20.4 Å². The van der Waals surface area contributed by atoms with Crippen LogP contribution in [0.2, 0.25) is 18.1 Å². The molecule has 3 rings (SSSR count). The molecule has 1 aromatic heterocycles. The molecule has 2 amide bonds. The van der Waals surface area contributed by atoms with Crippen LogP contribution in [-0.4, -0.2) is 44.3 Å². The predicted molar refractivity (Wildman–Crippen MR) is 153 cm³/mol. The van der Waals surface area contributed by atoms with Gasteiger partial charge >= 0.3 is 5.97 Å². The lowest BCUT2D eigenvalue weighted by Gasteiger charge is -2.39. The minimum absolute atomic E-state index is 0.00223. The summed E-state index contributed by atoms with van der Waals surface area (Å²) in [6.07, 6.45) is 0.222. The van der Waals surface area contributed by atoms with Crippen molar-refractivity contribution in [3.8, 4) is 11.1 Å². The number of hydrazine groups is 1. The number of esters is 1. The number of nitrogens with one attached hydrogen (secondary N) is 2. The molecule has 0 saturated carbocycles. The van der Waals surface area contributed by atoms with Crippen LogP contribution in [0.5, 0.6) is 0 Å². The maximum absolute atomic E-state index is 12.9. The molecule has 0 bridgehead atoms. The van der Waals surface area contributed by atoms with E-state index in [0.29, 0.717) is 6.42 Å². The van der Waals surface area contributed by atoms with Crippen LogP contribution in [0.15, 0.2) is 72.8 Å². The zero-order chi connectivity index (χ0) is 28.6. The first-order chi connectivity index (χ1) is 18.4. The van der Waals surface area contributed by atoms with Crippen LogP contribution in [-0.2, 0) is 20.4 Å². The summed E-state index contributed by atoms with van der Waals surface area (Å²) in [5.41, 5.74) is 8.12. The Morgan fingerprint density at radius 3 is 2.08 bits per heavy atom. The van der Waals surface area contributed by atoms with Gasteiger partial charge in [-0.2, -0.15) is 0 Å². The molecule has 39 heavy (non-hydrogen) atoms. The molecule has 1 heterocycles. The van der Waals surface area contributed by atoms with Crippen molar-refractivity contribution in [2.45, 2.75) is 57.8 Å². The monoisotopic (exact) mass is 547 g/mol. The summed E-state index contributed by atoms with van der Waals surface area (Å²) >= 11 is 0. The Morgan fingerprint density at radius 1 is 0.846 bits per heavy atom. The van der Waals surface area contributed by atoms with Crippen molar-refractivity contribution in [2.75, 3.05) is 7.11 Å². The fourth-order valence-electron chi connectivity index (χ4n) is 3.70. The Balaban J connectivity index is 1.69. The number of amides is 2. The molecule has 3 aromatic rings. The Hall–Kier alpha value is -3.82. The third-order valence-corrected chi connectivity index (χ3v) is 11.4. The van der Waals surface area contributed by atoms with Gasteiger partial charge in [0.15, 0.2) is 8.32 Å². The normalized spacial score (nSPS) is 12.4. The molecule has 0 aliphatic heterocycles. The summed E-state index contributed by atoms with van der Waals surface area (Å²) in [5, 5.41) is -0.0383. The van der Waals surface area contributed by atoms with Crippen LogP contribution in [0, 0.1) is 0 Å². The number of hydrogen-bond donors (Lipinski definition) is 2. The molecule has 8 nitrogen and oxygen atoms in total. The van der Waals surface area contributed by atoms with Gasteiger partial charge < -0.3 is 9.16 Å². The van der Waals surface area contributed by atoms with Crippen LogP contribution in [0.4, 0.5) is 0 Å². The topological polar surface area (TPSA) is 107 Å². The molecule has 0 aliphatic carbocycles. The Morgan fingerprint density at radius 2 is 1.46 bits per heavy atom. The zero-order valence-corrected chi connectivity index (χ0v) is 24.4. The summed E-state index contributed by atoms with van der Waals surface area (Å²) in [5.74, 6) is -1.69. The van der Waals surface area contributed by atoms with Crippen LogP contribution in [0.3, 0.4) is 0 Å². The highest BCUT2D eigenvalue weighted by molar-refractivity contribution is 6.74. The van der Waals surface area contributed by atoms with Gasteiger partial charge in [0.05, 0.1) is 19.6 Å². The summed E-state index contributed by atoms with van der Waals surface area (Å²) in [4.78, 5) is 41.1. The molecular weight excluding hydrogens is 510 g/mol. The molecule has 2 aromatic carbocycles. The van der Waals surface area contributed by atoms with E-state index >= 15 is 0 Å². The largest absolute Gasteiger partial charge is 0.464 e. The summed E-state index contributed by atoms with van der Waals surface area (Å²) < 4.78 is 11.3. The van der Waals surface area contributed by atoms with Crippen molar-refractivity contribution < 1.29 is 23.5 Å². The number of aromatic nitrogens is 1. The third-order valence-electron chi connectivity index (χ3n) is 6.90. The highest BCUT2D eigenvalue weighted by atomic mass is 28.4. The van der Waals surface area contributed by atoms with Crippen LogP contribution >= 0.6 is 0 Å². The Labute approximate surface area is 231 Å². The van der Waals surface area contributed by atoms with Gasteiger partial charge in [-0.25, -0.2) is 9.78 Å². The minimum Gasteiger partial charge on any atom is -0.464 e. The van der Waals surface area contributed by atoms with E-state index in [1.807, 2.05) is 18.2 Å². The van der Waals surface area contributed by atoms with E-state index in [2.05, 4.69) is 90.8 Å². The van der Waals surface area contributed by atoms with Crippen molar-refractivity contribution in [2.24, 2.45) is 0 Å². The Bertz CT molecular complexity index is 1290. The van der Waals surface area contributed by atoms with Gasteiger partial charge in [-0.1, -0.05) is 81.4 Å². The van der Waals surface area contributed by atoms with Crippen LogP contribution in [0.1, 0.15) is 53.7 Å². The molecule has 1 unspecified atom stereocenters. The summed E-state index contributed by atoms with van der Waals surface area (Å²) in [6.45, 7) is 10.8. The number of hydrogen-bond acceptors (Lipinski definition) is 6. The first-order valence-corrected chi connectivity index (χ1v) is 15.8. The molecule has 0 radical (unpaired) electrons. The average molecular weight is 548 g/mol. The van der Waals surface area contributed by atoms with E-state index < -0.39 is 26.1 Å². The smallest absolute Gasteiger partial charge is 0.356 e. The number of nitrogens with zero attached hydrogens (tertiary/aromatic N) is 1. The maximum atomic E-state index is 12.9. The number of ether oxygens (including phenoxy) is 1. The van der Waals surface area contributed by atoms with E-state index in [0.717, 1.165) is 16.7 Å². The van der Waals surface area contributed by atoms with E-state index in [9.17, 15) is 14.4 Å². The molecular formula is C30H37N3O5Si. The standard InChI is InChI=1S/C30H37N3O5Si/c1-30(2,3)39(5,6)38-24(19-21-15-17-23(18-16-21)22-11-8-7-9-12-22)20-27(34)32-33-28(35)25-13-10-14-26(31-25)29(36)37-4/h7-18,24H,19-20H2,1-6H3,(H,32,34)(H,33,35). The predicted octanol–water partition coefficient (Wildman–Crippen LogP) is 5.32. The zero-order valence-electron chi connectivity index (χ0n) is 23.4. The molecule has 2 N–H and O–H groups in total. The highest BCUT2D eigenvalue weighted by Crippen LogP contribution is 2.38. The van der Waals surface area contributed by atoms with Crippen LogP contribution in [0.25, 0.3) is 11.1 Å². The number of carbonyl (C=O) groups is 3. The SMILES string of the molecule is COC(=O)c1cccc(C(=O)NNC(=O)CC(Cc2ccc(-c3ccccc3)cc2)O[Si](C)(C)C(C)(C)C)n1. The van der Waals surface area contributed by atoms with Crippen molar-refractivity contribution in [3.05, 3.63) is 89.7 Å². The first kappa shape index (κ1) is 29.7. The molecule has 0 saturated heterocycles. The van der Waals surface area contributed by atoms with E-state index in [1.165, 1.54) is 25.3 Å². The fraction of sp³-hybridized carbons (Fsp3) is 0.333. The second-order valence-electron chi connectivity index (χ2n) is 10.9. The first-order valence-electron chi connectivity index (χ1n) is 12.9. The van der Waals surface area contributed by atoms with E-state index in [1.54, 1.807) is 0 Å². The lowest BCUT2D eigenvalue weighted by atomic mass is 10.0. The van der Waals surface area contributed by atoms with Crippen molar-refractivity contribution >= 4 is 26.1 Å². The van der Waals surface area contributed by atoms with Gasteiger partial charge in [-0.05, 0) is 53.4 Å². The number of rotatable bonds is 9. The highest BCUT2D eigenvalue weighted by Gasteiger charge is 2.39. The minimum atomic E-state index is -2.19. The molecule has 0 fully saturated rings. The fourth-order valence-corrected chi connectivity index (χ4v) is 5.06. The molecule has 1 atom stereocenters. The van der Waals surface area contributed by atoms with Gasteiger partial charge in [0.2, 0.25) is 5.91 Å². The maximum Gasteiger partial charge on any atom is 0.356 e. The third kappa shape index (κ3) is 8.33. The van der Waals surface area contributed by atoms with Gasteiger partial charge in [-0.15, -0.1) is 0 Å². The second kappa shape index (κ2) is 12.8. The number of benzene rings is 2. The molecule has 206 valence electrons. The van der Waals surface area contributed by atoms with E-state index in [4.69, 9.17) is 4.43 Å². The lowest BCUT2D eigenvalue weighted by molar-refractivity contribution is -0.123. The summed E-state index contributed by atoms with van der Waals surface area (Å²) in [7, 11) is -0.958. The van der Waals surface area contributed by atoms with Gasteiger partial charge in [0.25, 0.3) is 5.91 Å². The number of pyridine rings is 1. The second-order valence-corrected chi connectivity index (χ2v) is 15.6. The number of methoxy groups -OCH3 is 1. The number of carbonyl (C=O) groups excluding carboxylic acids is 3. The average Bonchev–Trinajstić information content (AvgIpc) is 2.91. The Kier molecular flexibility index (Phi) is 9.77. The van der Waals surface area contributed by atoms with Gasteiger partial charge in [0, 0.05) is 0 Å². The van der Waals surface area contributed by atoms with E-state index in [-0.39, 0.29) is 29.0 Å². The van der Waals surface area contributed by atoms with Crippen molar-refractivity contribution in [3.63, 3.8) is 0 Å². The lowest BCUT2D eigenvalue weighted by Crippen LogP contribution is -2.47. The molecule has 0 aliphatic rings. The van der Waals surface area contributed by atoms with Crippen molar-refractivity contribution in [1.29, 1.82) is 0 Å². The molecule has 9 heteroatoms. The summed E-state index contributed by atoms with van der Waals surface area (Å²) in [6, 6.07) is 22.8. The van der Waals surface area contributed by atoms with Crippen LogP contribution < -0.4 is 10.9 Å². The quantitative estimate of drug-likeness (QED) is 0.213. The van der Waals surface area contributed by atoms with Gasteiger partial charge in [0.1, 0.15) is 11.4 Å². The van der Waals surface area contributed by atoms with Crippen molar-refractivity contribution in [1.82, 2.24) is 15.8 Å².